The van der Waals surface area contributed by atoms with Crippen LogP contribution in [0.2, 0.25) is 0 Å². The van der Waals surface area contributed by atoms with Gasteiger partial charge in [-0.1, -0.05) is 24.3 Å². The number of rotatable bonds is 3. The van der Waals surface area contributed by atoms with E-state index in [0.29, 0.717) is 0 Å². The van der Waals surface area contributed by atoms with Crippen LogP contribution in [0.5, 0.6) is 0 Å². The van der Waals surface area contributed by atoms with Crippen molar-refractivity contribution in [2.75, 3.05) is 19.6 Å². The van der Waals surface area contributed by atoms with Gasteiger partial charge in [0, 0.05) is 25.2 Å². The van der Waals surface area contributed by atoms with Crippen molar-refractivity contribution in [3.63, 3.8) is 0 Å². The van der Waals surface area contributed by atoms with Gasteiger partial charge in [0.15, 0.2) is 5.96 Å². The molecule has 1 aromatic rings. The number of carbonyl (C=O) groups excluding carboxylic acids is 1. The van der Waals surface area contributed by atoms with Crippen LogP contribution >= 0.6 is 0 Å². The van der Waals surface area contributed by atoms with Gasteiger partial charge in [-0.25, -0.2) is 4.99 Å². The summed E-state index contributed by atoms with van der Waals surface area (Å²) >= 11 is 0. The van der Waals surface area contributed by atoms with Gasteiger partial charge >= 0.3 is 0 Å². The van der Waals surface area contributed by atoms with Gasteiger partial charge in [-0.2, -0.15) is 0 Å². The molecule has 0 unspecified atom stereocenters. The molecule has 1 amide bonds. The van der Waals surface area contributed by atoms with Crippen LogP contribution in [-0.2, 0) is 17.8 Å². The smallest absolute Gasteiger partial charge is 0.242 e. The van der Waals surface area contributed by atoms with Crippen molar-refractivity contribution in [2.24, 2.45) is 4.99 Å². The summed E-state index contributed by atoms with van der Waals surface area (Å²) in [5.41, 5.74) is 2.52. The van der Waals surface area contributed by atoms with Gasteiger partial charge in [-0.05, 0) is 45.2 Å². The van der Waals surface area contributed by atoms with Crippen molar-refractivity contribution >= 4 is 11.9 Å². The summed E-state index contributed by atoms with van der Waals surface area (Å²) < 4.78 is 0. The molecule has 5 heteroatoms. The zero-order valence-corrected chi connectivity index (χ0v) is 14.6. The zero-order chi connectivity index (χ0) is 16.9. The van der Waals surface area contributed by atoms with E-state index in [2.05, 4.69) is 44.8 Å². The molecule has 0 aliphatic carbocycles. The monoisotopic (exact) mass is 316 g/mol. The molecular formula is C18H28N4O. The molecule has 2 N–H and O–H groups in total. The van der Waals surface area contributed by atoms with Crippen LogP contribution in [0.1, 0.15) is 38.8 Å². The van der Waals surface area contributed by atoms with Crippen LogP contribution in [-0.4, -0.2) is 41.9 Å². The molecule has 1 aliphatic heterocycles. The quantitative estimate of drug-likeness (QED) is 0.662. The van der Waals surface area contributed by atoms with Crippen LogP contribution in [0.15, 0.2) is 29.3 Å². The summed E-state index contributed by atoms with van der Waals surface area (Å²) in [6, 6.07) is 8.51. The summed E-state index contributed by atoms with van der Waals surface area (Å²) in [6.07, 6.45) is 1.01. The minimum Gasteiger partial charge on any atom is -0.356 e. The van der Waals surface area contributed by atoms with Gasteiger partial charge in [-0.3, -0.25) is 4.79 Å². The van der Waals surface area contributed by atoms with E-state index in [1.807, 2.05) is 27.7 Å². The highest BCUT2D eigenvalue weighted by Crippen LogP contribution is 2.18. The van der Waals surface area contributed by atoms with Gasteiger partial charge < -0.3 is 15.5 Å². The summed E-state index contributed by atoms with van der Waals surface area (Å²) in [4.78, 5) is 18.7. The van der Waals surface area contributed by atoms with Crippen molar-refractivity contribution in [1.29, 1.82) is 0 Å². The summed E-state index contributed by atoms with van der Waals surface area (Å²) in [5, 5.41) is 6.24. The fourth-order valence-corrected chi connectivity index (χ4v) is 2.71. The van der Waals surface area contributed by atoms with E-state index in [1.54, 1.807) is 0 Å². The average Bonchev–Trinajstić information content (AvgIpc) is 2.49. The normalized spacial score (nSPS) is 15.1. The van der Waals surface area contributed by atoms with Crippen molar-refractivity contribution in [1.82, 2.24) is 15.5 Å². The summed E-state index contributed by atoms with van der Waals surface area (Å²) in [6.45, 7) is 10.7. The zero-order valence-electron chi connectivity index (χ0n) is 14.6. The molecule has 1 aliphatic rings. The Labute approximate surface area is 139 Å². The number of fused-ring (bicyclic) bond motifs is 1. The van der Waals surface area contributed by atoms with E-state index in [1.165, 1.54) is 11.1 Å². The molecule has 1 heterocycles. The van der Waals surface area contributed by atoms with E-state index >= 15 is 0 Å². The predicted octanol–water partition coefficient (Wildman–Crippen LogP) is 1.92. The lowest BCUT2D eigenvalue weighted by Gasteiger charge is -2.31. The van der Waals surface area contributed by atoms with Gasteiger partial charge in [0.2, 0.25) is 5.91 Å². The summed E-state index contributed by atoms with van der Waals surface area (Å²) in [5.74, 6) is 0.761. The third-order valence-corrected chi connectivity index (χ3v) is 3.65. The fraction of sp³-hybridized carbons (Fsp3) is 0.556. The Balaban J connectivity index is 2.04. The topological polar surface area (TPSA) is 56.7 Å². The Morgan fingerprint density at radius 2 is 1.96 bits per heavy atom. The van der Waals surface area contributed by atoms with Gasteiger partial charge in [0.25, 0.3) is 0 Å². The number of aliphatic imine (C=N–C) groups is 1. The van der Waals surface area contributed by atoms with Crippen molar-refractivity contribution in [3.8, 4) is 0 Å². The first-order valence-electron chi connectivity index (χ1n) is 8.30. The van der Waals surface area contributed by atoms with Gasteiger partial charge in [0.1, 0.15) is 6.54 Å². The molecule has 0 atom stereocenters. The first-order chi connectivity index (χ1) is 10.9. The summed E-state index contributed by atoms with van der Waals surface area (Å²) in [7, 11) is 0. The lowest BCUT2D eigenvalue weighted by molar-refractivity contribution is -0.121. The Kier molecular flexibility index (Phi) is 5.64. The number of amides is 1. The maximum absolute atomic E-state index is 12.0. The Morgan fingerprint density at radius 1 is 1.26 bits per heavy atom. The van der Waals surface area contributed by atoms with Crippen LogP contribution in [0.3, 0.4) is 0 Å². The third-order valence-electron chi connectivity index (χ3n) is 3.65. The van der Waals surface area contributed by atoms with Crippen LogP contribution < -0.4 is 10.6 Å². The number of hydrogen-bond donors (Lipinski definition) is 2. The molecule has 0 bridgehead atoms. The minimum atomic E-state index is -0.227. The largest absolute Gasteiger partial charge is 0.356 e. The van der Waals surface area contributed by atoms with Crippen LogP contribution in [0.25, 0.3) is 0 Å². The van der Waals surface area contributed by atoms with E-state index in [-0.39, 0.29) is 18.0 Å². The van der Waals surface area contributed by atoms with E-state index < -0.39 is 0 Å². The van der Waals surface area contributed by atoms with Gasteiger partial charge in [-0.15, -0.1) is 0 Å². The van der Waals surface area contributed by atoms with E-state index in [0.717, 1.165) is 32.0 Å². The predicted molar refractivity (Wildman–Crippen MR) is 94.4 cm³/mol. The average molecular weight is 316 g/mol. The fourth-order valence-electron chi connectivity index (χ4n) is 2.71. The molecular weight excluding hydrogens is 288 g/mol. The molecule has 0 aromatic heterocycles. The minimum absolute atomic E-state index is 0.0506. The van der Waals surface area contributed by atoms with Gasteiger partial charge in [0.05, 0.1) is 0 Å². The highest BCUT2D eigenvalue weighted by atomic mass is 16.2. The molecule has 0 saturated heterocycles. The van der Waals surface area contributed by atoms with E-state index in [9.17, 15) is 4.79 Å². The number of hydrogen-bond acceptors (Lipinski definition) is 2. The number of nitrogens with zero attached hydrogens (tertiary/aromatic N) is 2. The lowest BCUT2D eigenvalue weighted by atomic mass is 10.0. The SMILES string of the molecule is CCNC(=NCC(=O)NC(C)(C)C)N1CCc2ccccc2C1. The second-order valence-electron chi connectivity index (χ2n) is 6.91. The standard InChI is InChI=1S/C18H28N4O/c1-5-19-17(20-12-16(23)21-18(2,3)4)22-11-10-14-8-6-7-9-15(14)13-22/h6-9H,5,10-13H2,1-4H3,(H,19,20)(H,21,23). The molecule has 126 valence electrons. The first kappa shape index (κ1) is 17.3. The number of benzene rings is 1. The van der Waals surface area contributed by atoms with Crippen molar-refractivity contribution in [2.45, 2.75) is 46.2 Å². The molecule has 1 aromatic carbocycles. The second-order valence-corrected chi connectivity index (χ2v) is 6.91. The molecule has 0 saturated carbocycles. The molecule has 2 rings (SSSR count). The van der Waals surface area contributed by atoms with E-state index in [4.69, 9.17) is 0 Å². The molecule has 0 radical (unpaired) electrons. The molecule has 0 spiro atoms. The second kappa shape index (κ2) is 7.49. The molecule has 0 fully saturated rings. The number of carbonyl (C=O) groups is 1. The Morgan fingerprint density at radius 3 is 2.61 bits per heavy atom. The lowest BCUT2D eigenvalue weighted by Crippen LogP contribution is -2.45. The maximum atomic E-state index is 12.0. The number of nitrogens with one attached hydrogen (secondary N) is 2. The third kappa shape index (κ3) is 5.27. The van der Waals surface area contributed by atoms with Crippen molar-refractivity contribution < 1.29 is 4.79 Å². The number of guanidine groups is 1. The Bertz CT molecular complexity index is 575. The van der Waals surface area contributed by atoms with Crippen LogP contribution in [0.4, 0.5) is 0 Å². The molecule has 23 heavy (non-hydrogen) atoms. The highest BCUT2D eigenvalue weighted by molar-refractivity contribution is 5.85. The first-order valence-corrected chi connectivity index (χ1v) is 8.30. The molecule has 5 nitrogen and oxygen atoms in total. The van der Waals surface area contributed by atoms with Crippen LogP contribution in [0, 0.1) is 0 Å². The Hall–Kier alpha value is -2.04. The van der Waals surface area contributed by atoms with Crippen molar-refractivity contribution in [3.05, 3.63) is 35.4 Å². The highest BCUT2D eigenvalue weighted by Gasteiger charge is 2.19. The maximum Gasteiger partial charge on any atom is 0.242 e.